The van der Waals surface area contributed by atoms with Crippen LogP contribution in [0.1, 0.15) is 18.4 Å². The van der Waals surface area contributed by atoms with Crippen molar-refractivity contribution in [3.63, 3.8) is 0 Å². The summed E-state index contributed by atoms with van der Waals surface area (Å²) in [5.41, 5.74) is 7.35. The highest BCUT2D eigenvalue weighted by molar-refractivity contribution is 7.15. The fraction of sp³-hybridized carbons (Fsp3) is 0.438. The number of carbonyl (C=O) groups excluding carboxylic acids is 1. The van der Waals surface area contributed by atoms with E-state index in [9.17, 15) is 4.79 Å². The lowest BCUT2D eigenvalue weighted by Crippen LogP contribution is -2.43. The zero-order valence-corrected chi connectivity index (χ0v) is 15.0. The first-order valence-electron chi connectivity index (χ1n) is 8.01. The van der Waals surface area contributed by atoms with Gasteiger partial charge < -0.3 is 20.1 Å². The third-order valence-electron chi connectivity index (χ3n) is 3.81. The molecule has 1 aromatic carbocycles. The Bertz CT molecular complexity index is 751. The van der Waals surface area contributed by atoms with Crippen molar-refractivity contribution in [1.29, 1.82) is 0 Å². The maximum absolute atomic E-state index is 12.4. The second kappa shape index (κ2) is 7.66. The standard InChI is InChI=1S/C16H21N5O3S/c1-3-11-7-21(12-5-4-10(17)6-13(12)24-11)8-14(22)18-16-20-19-15(25-16)9-23-2/h4-6,11H,3,7-9,17H2,1-2H3,(H,18,20,22). The molecule has 1 aliphatic heterocycles. The maximum Gasteiger partial charge on any atom is 0.245 e. The van der Waals surface area contributed by atoms with Gasteiger partial charge in [0.2, 0.25) is 11.0 Å². The maximum atomic E-state index is 12.4. The Morgan fingerprint density at radius 2 is 2.36 bits per heavy atom. The molecule has 0 aliphatic carbocycles. The van der Waals surface area contributed by atoms with E-state index < -0.39 is 0 Å². The second-order valence-electron chi connectivity index (χ2n) is 5.74. The number of aromatic nitrogens is 2. The van der Waals surface area contributed by atoms with Crippen LogP contribution >= 0.6 is 11.3 Å². The number of rotatable bonds is 6. The van der Waals surface area contributed by atoms with Gasteiger partial charge in [0.15, 0.2) is 0 Å². The summed E-state index contributed by atoms with van der Waals surface area (Å²) in [5, 5.41) is 11.9. The molecule has 1 atom stereocenters. The van der Waals surface area contributed by atoms with Crippen LogP contribution in [0.3, 0.4) is 0 Å². The molecule has 1 aromatic heterocycles. The number of fused-ring (bicyclic) bond motifs is 1. The molecule has 0 radical (unpaired) electrons. The first-order valence-corrected chi connectivity index (χ1v) is 8.83. The molecule has 0 saturated heterocycles. The number of methoxy groups -OCH3 is 1. The van der Waals surface area contributed by atoms with Gasteiger partial charge in [0.1, 0.15) is 23.5 Å². The highest BCUT2D eigenvalue weighted by Gasteiger charge is 2.26. The Morgan fingerprint density at radius 1 is 1.52 bits per heavy atom. The highest BCUT2D eigenvalue weighted by Crippen LogP contribution is 2.35. The molecule has 1 unspecified atom stereocenters. The molecular weight excluding hydrogens is 342 g/mol. The molecule has 134 valence electrons. The summed E-state index contributed by atoms with van der Waals surface area (Å²) in [6.45, 7) is 3.28. The number of nitrogens with zero attached hydrogens (tertiary/aromatic N) is 3. The van der Waals surface area contributed by atoms with E-state index in [1.165, 1.54) is 11.3 Å². The van der Waals surface area contributed by atoms with Crippen LogP contribution in [-0.2, 0) is 16.1 Å². The molecule has 3 N–H and O–H groups in total. The van der Waals surface area contributed by atoms with E-state index in [1.54, 1.807) is 19.2 Å². The molecule has 0 bridgehead atoms. The van der Waals surface area contributed by atoms with Crippen molar-refractivity contribution >= 4 is 33.8 Å². The molecule has 2 heterocycles. The number of ether oxygens (including phenoxy) is 2. The van der Waals surface area contributed by atoms with Crippen molar-refractivity contribution in [2.45, 2.75) is 26.1 Å². The number of benzene rings is 1. The lowest BCUT2D eigenvalue weighted by molar-refractivity contribution is -0.115. The van der Waals surface area contributed by atoms with Crippen LogP contribution < -0.4 is 20.7 Å². The van der Waals surface area contributed by atoms with Crippen molar-refractivity contribution in [3.05, 3.63) is 23.2 Å². The number of carbonyl (C=O) groups is 1. The van der Waals surface area contributed by atoms with E-state index >= 15 is 0 Å². The second-order valence-corrected chi connectivity index (χ2v) is 6.80. The summed E-state index contributed by atoms with van der Waals surface area (Å²) in [6, 6.07) is 5.48. The van der Waals surface area contributed by atoms with Gasteiger partial charge in [-0.3, -0.25) is 10.1 Å². The molecule has 0 fully saturated rings. The van der Waals surface area contributed by atoms with Gasteiger partial charge in [-0.2, -0.15) is 0 Å². The number of amides is 1. The lowest BCUT2D eigenvalue weighted by atomic mass is 10.1. The van der Waals surface area contributed by atoms with Crippen LogP contribution in [0, 0.1) is 0 Å². The first-order chi connectivity index (χ1) is 12.1. The van der Waals surface area contributed by atoms with Crippen LogP contribution in [0.2, 0.25) is 0 Å². The molecule has 0 spiro atoms. The molecule has 25 heavy (non-hydrogen) atoms. The number of nitrogens with two attached hydrogens (primary N) is 1. The molecule has 3 rings (SSSR count). The average Bonchev–Trinajstić information content (AvgIpc) is 3.01. The van der Waals surface area contributed by atoms with E-state index in [4.69, 9.17) is 15.2 Å². The Balaban J connectivity index is 1.69. The van der Waals surface area contributed by atoms with E-state index in [-0.39, 0.29) is 18.6 Å². The topological polar surface area (TPSA) is 103 Å². The van der Waals surface area contributed by atoms with Gasteiger partial charge in [-0.25, -0.2) is 0 Å². The quantitative estimate of drug-likeness (QED) is 0.755. The van der Waals surface area contributed by atoms with Gasteiger partial charge in [0.25, 0.3) is 0 Å². The van der Waals surface area contributed by atoms with E-state index in [2.05, 4.69) is 22.4 Å². The van der Waals surface area contributed by atoms with E-state index in [0.29, 0.717) is 29.7 Å². The largest absolute Gasteiger partial charge is 0.486 e. The molecule has 8 nitrogen and oxygen atoms in total. The van der Waals surface area contributed by atoms with Gasteiger partial charge >= 0.3 is 0 Å². The fourth-order valence-electron chi connectivity index (χ4n) is 2.63. The third-order valence-corrected chi connectivity index (χ3v) is 4.63. The average molecular weight is 363 g/mol. The molecular formula is C16H21N5O3S. The summed E-state index contributed by atoms with van der Waals surface area (Å²) in [5.74, 6) is 0.559. The lowest BCUT2D eigenvalue weighted by Gasteiger charge is -2.35. The molecule has 9 heteroatoms. The SMILES string of the molecule is CCC1CN(CC(=O)Nc2nnc(COC)s2)c2ccc(N)cc2O1. The molecule has 0 saturated carbocycles. The van der Waals surface area contributed by atoms with Crippen LogP contribution in [0.15, 0.2) is 18.2 Å². The molecule has 1 aliphatic rings. The number of nitrogen functional groups attached to an aromatic ring is 1. The number of hydrogen-bond acceptors (Lipinski definition) is 8. The number of hydrogen-bond donors (Lipinski definition) is 2. The predicted molar refractivity (Wildman–Crippen MR) is 97.0 cm³/mol. The molecule has 1 amide bonds. The van der Waals surface area contributed by atoms with E-state index in [1.807, 2.05) is 11.0 Å². The summed E-state index contributed by atoms with van der Waals surface area (Å²) >= 11 is 1.30. The van der Waals surface area contributed by atoms with Gasteiger partial charge in [-0.05, 0) is 18.6 Å². The van der Waals surface area contributed by atoms with Gasteiger partial charge in [-0.1, -0.05) is 18.3 Å². The summed E-state index contributed by atoms with van der Waals surface area (Å²) in [7, 11) is 1.59. The van der Waals surface area contributed by atoms with Crippen LogP contribution in [-0.4, -0.2) is 42.4 Å². The number of anilines is 3. The van der Waals surface area contributed by atoms with Gasteiger partial charge in [-0.15, -0.1) is 10.2 Å². The van der Waals surface area contributed by atoms with Crippen molar-refractivity contribution in [2.75, 3.05) is 36.1 Å². The highest BCUT2D eigenvalue weighted by atomic mass is 32.1. The Morgan fingerprint density at radius 3 is 3.12 bits per heavy atom. The Labute approximate surface area is 149 Å². The Hall–Kier alpha value is -2.39. The monoisotopic (exact) mass is 363 g/mol. The zero-order chi connectivity index (χ0) is 17.8. The minimum Gasteiger partial charge on any atom is -0.486 e. The van der Waals surface area contributed by atoms with Crippen molar-refractivity contribution in [1.82, 2.24) is 10.2 Å². The van der Waals surface area contributed by atoms with Gasteiger partial charge in [0, 0.05) is 18.9 Å². The van der Waals surface area contributed by atoms with Crippen LogP contribution in [0.25, 0.3) is 0 Å². The smallest absolute Gasteiger partial charge is 0.245 e. The van der Waals surface area contributed by atoms with E-state index in [0.717, 1.165) is 17.1 Å². The third kappa shape index (κ3) is 4.18. The number of nitrogens with one attached hydrogen (secondary N) is 1. The van der Waals surface area contributed by atoms with Crippen molar-refractivity contribution in [3.8, 4) is 5.75 Å². The van der Waals surface area contributed by atoms with Crippen molar-refractivity contribution < 1.29 is 14.3 Å². The van der Waals surface area contributed by atoms with Crippen LogP contribution in [0.4, 0.5) is 16.5 Å². The molecule has 2 aromatic rings. The minimum absolute atomic E-state index is 0.0249. The summed E-state index contributed by atoms with van der Waals surface area (Å²) in [4.78, 5) is 14.4. The predicted octanol–water partition coefficient (Wildman–Crippen LogP) is 1.88. The minimum atomic E-state index is -0.153. The Kier molecular flexibility index (Phi) is 5.34. The summed E-state index contributed by atoms with van der Waals surface area (Å²) < 4.78 is 10.9. The first kappa shape index (κ1) is 17.4. The zero-order valence-electron chi connectivity index (χ0n) is 14.2. The fourth-order valence-corrected chi connectivity index (χ4v) is 3.36. The van der Waals surface area contributed by atoms with Crippen LogP contribution in [0.5, 0.6) is 5.75 Å². The van der Waals surface area contributed by atoms with Gasteiger partial charge in [0.05, 0.1) is 18.8 Å². The normalized spacial score (nSPS) is 16.2. The van der Waals surface area contributed by atoms with Crippen molar-refractivity contribution in [2.24, 2.45) is 0 Å². The summed E-state index contributed by atoms with van der Waals surface area (Å²) in [6.07, 6.45) is 0.875.